The molecule has 1 aliphatic carbocycles. The second-order valence-corrected chi connectivity index (χ2v) is 9.01. The van der Waals surface area contributed by atoms with E-state index >= 15 is 0 Å². The van der Waals surface area contributed by atoms with Crippen LogP contribution in [0.2, 0.25) is 0 Å². The molecular weight excluding hydrogens is 350 g/mol. The van der Waals surface area contributed by atoms with Gasteiger partial charge in [-0.05, 0) is 49.1 Å². The number of carbonyl (C=O) groups is 1. The largest absolute Gasteiger partial charge is 0.323 e. The standard InChI is InChI=1S/C19H27N3O3S/c1-2-19(23)20-17-7-9-18(10-8-17)26(24,25)22-13-11-21(12-14-22)15-16-5-3-4-6-16/h2,7-10,16H,1,3-6,11-15H2,(H,20,23). The Balaban J connectivity index is 1.58. The second-order valence-electron chi connectivity index (χ2n) is 7.07. The highest BCUT2D eigenvalue weighted by atomic mass is 32.2. The molecule has 1 saturated heterocycles. The lowest BCUT2D eigenvalue weighted by Crippen LogP contribution is -2.49. The van der Waals surface area contributed by atoms with Gasteiger partial charge in [-0.25, -0.2) is 8.42 Å². The van der Waals surface area contributed by atoms with Crippen molar-refractivity contribution < 1.29 is 13.2 Å². The number of nitrogens with zero attached hydrogens (tertiary/aromatic N) is 2. The fraction of sp³-hybridized carbons (Fsp3) is 0.526. The molecule has 3 rings (SSSR count). The molecule has 0 radical (unpaired) electrons. The van der Waals surface area contributed by atoms with Crippen LogP contribution in [0, 0.1) is 5.92 Å². The Kier molecular flexibility index (Phi) is 6.11. The maximum Gasteiger partial charge on any atom is 0.247 e. The van der Waals surface area contributed by atoms with Crippen molar-refractivity contribution in [1.82, 2.24) is 9.21 Å². The molecule has 6 nitrogen and oxygen atoms in total. The first kappa shape index (κ1) is 19.1. The van der Waals surface area contributed by atoms with Gasteiger partial charge >= 0.3 is 0 Å². The fourth-order valence-electron chi connectivity index (χ4n) is 3.76. The Morgan fingerprint density at radius 2 is 1.73 bits per heavy atom. The van der Waals surface area contributed by atoms with Crippen LogP contribution in [0.1, 0.15) is 25.7 Å². The van der Waals surface area contributed by atoms with E-state index in [0.29, 0.717) is 18.8 Å². The van der Waals surface area contributed by atoms with Crippen LogP contribution in [0.25, 0.3) is 0 Å². The summed E-state index contributed by atoms with van der Waals surface area (Å²) in [5.74, 6) is 0.468. The number of amides is 1. The lowest BCUT2D eigenvalue weighted by atomic mass is 10.1. The van der Waals surface area contributed by atoms with Gasteiger partial charge in [0.2, 0.25) is 15.9 Å². The van der Waals surface area contributed by atoms with Crippen LogP contribution in [0.3, 0.4) is 0 Å². The molecule has 0 bridgehead atoms. The smallest absolute Gasteiger partial charge is 0.247 e. The lowest BCUT2D eigenvalue weighted by Gasteiger charge is -2.35. The number of carbonyl (C=O) groups excluding carboxylic acids is 1. The SMILES string of the molecule is C=CC(=O)Nc1ccc(S(=O)(=O)N2CCN(CC3CCCC3)CC2)cc1. The second kappa shape index (κ2) is 8.33. The van der Waals surface area contributed by atoms with E-state index in [0.717, 1.165) is 25.6 Å². The summed E-state index contributed by atoms with van der Waals surface area (Å²) in [6.07, 6.45) is 6.47. The van der Waals surface area contributed by atoms with E-state index in [1.54, 1.807) is 28.6 Å². The summed E-state index contributed by atoms with van der Waals surface area (Å²) in [6.45, 7) is 7.15. The van der Waals surface area contributed by atoms with E-state index in [-0.39, 0.29) is 10.8 Å². The number of hydrogen-bond acceptors (Lipinski definition) is 4. The Morgan fingerprint density at radius 3 is 2.31 bits per heavy atom. The van der Waals surface area contributed by atoms with Gasteiger partial charge in [-0.15, -0.1) is 0 Å². The van der Waals surface area contributed by atoms with Crippen molar-refractivity contribution in [2.24, 2.45) is 5.92 Å². The third-order valence-corrected chi connectivity index (χ3v) is 7.18. The molecule has 7 heteroatoms. The summed E-state index contributed by atoms with van der Waals surface area (Å²) in [4.78, 5) is 14.0. The normalized spacial score (nSPS) is 20.2. The molecule has 0 atom stereocenters. The first-order valence-corrected chi connectivity index (χ1v) is 10.7. The van der Waals surface area contributed by atoms with E-state index in [4.69, 9.17) is 0 Å². The van der Waals surface area contributed by atoms with Gasteiger partial charge in [-0.1, -0.05) is 19.4 Å². The van der Waals surface area contributed by atoms with Crippen LogP contribution in [0.5, 0.6) is 0 Å². The molecule has 1 N–H and O–H groups in total. The van der Waals surface area contributed by atoms with Crippen molar-refractivity contribution in [3.63, 3.8) is 0 Å². The van der Waals surface area contributed by atoms with Gasteiger partial charge in [0.25, 0.3) is 0 Å². The minimum absolute atomic E-state index is 0.262. The van der Waals surface area contributed by atoms with Gasteiger partial charge in [-0.2, -0.15) is 4.31 Å². The predicted octanol–water partition coefficient (Wildman–Crippen LogP) is 2.31. The topological polar surface area (TPSA) is 69.7 Å². The highest BCUT2D eigenvalue weighted by Gasteiger charge is 2.29. The van der Waals surface area contributed by atoms with Crippen molar-refractivity contribution >= 4 is 21.6 Å². The maximum absolute atomic E-state index is 12.8. The molecule has 26 heavy (non-hydrogen) atoms. The van der Waals surface area contributed by atoms with E-state index < -0.39 is 10.0 Å². The monoisotopic (exact) mass is 377 g/mol. The van der Waals surface area contributed by atoms with Gasteiger partial charge in [0, 0.05) is 38.4 Å². The first-order valence-electron chi connectivity index (χ1n) is 9.25. The third-order valence-electron chi connectivity index (χ3n) is 5.27. The van der Waals surface area contributed by atoms with E-state index in [2.05, 4.69) is 16.8 Å². The van der Waals surface area contributed by atoms with E-state index in [9.17, 15) is 13.2 Å². The average molecular weight is 378 g/mol. The average Bonchev–Trinajstić information content (AvgIpc) is 3.15. The highest BCUT2D eigenvalue weighted by molar-refractivity contribution is 7.89. The van der Waals surface area contributed by atoms with Gasteiger partial charge in [0.15, 0.2) is 0 Å². The van der Waals surface area contributed by atoms with Gasteiger partial charge in [0.05, 0.1) is 4.90 Å². The summed E-state index contributed by atoms with van der Waals surface area (Å²) in [5, 5.41) is 2.62. The van der Waals surface area contributed by atoms with Crippen LogP contribution in [0.4, 0.5) is 5.69 Å². The molecule has 1 aromatic carbocycles. The summed E-state index contributed by atoms with van der Waals surface area (Å²) < 4.78 is 27.2. The van der Waals surface area contributed by atoms with Crippen LogP contribution >= 0.6 is 0 Å². The Bertz CT molecular complexity index is 732. The van der Waals surface area contributed by atoms with E-state index in [1.165, 1.54) is 31.8 Å². The number of anilines is 1. The molecule has 1 saturated carbocycles. The maximum atomic E-state index is 12.8. The quantitative estimate of drug-likeness (QED) is 0.773. The van der Waals surface area contributed by atoms with Crippen molar-refractivity contribution in [3.8, 4) is 0 Å². The summed E-state index contributed by atoms with van der Waals surface area (Å²) in [7, 11) is -3.49. The molecule has 1 aromatic rings. The van der Waals surface area contributed by atoms with Crippen LogP contribution in [-0.2, 0) is 14.8 Å². The Hall–Kier alpha value is -1.70. The number of hydrogen-bond donors (Lipinski definition) is 1. The molecular formula is C19H27N3O3S. The zero-order chi connectivity index (χ0) is 18.6. The minimum atomic E-state index is -3.49. The van der Waals surface area contributed by atoms with Crippen molar-refractivity contribution in [2.75, 3.05) is 38.0 Å². The summed E-state index contributed by atoms with van der Waals surface area (Å²) in [6, 6.07) is 6.28. The number of sulfonamides is 1. The van der Waals surface area contributed by atoms with Crippen LogP contribution in [-0.4, -0.2) is 56.3 Å². The van der Waals surface area contributed by atoms with Gasteiger partial charge in [0.1, 0.15) is 0 Å². The zero-order valence-corrected chi connectivity index (χ0v) is 15.9. The first-order chi connectivity index (χ1) is 12.5. The van der Waals surface area contributed by atoms with Crippen LogP contribution in [0.15, 0.2) is 41.8 Å². The van der Waals surface area contributed by atoms with Crippen molar-refractivity contribution in [3.05, 3.63) is 36.9 Å². The minimum Gasteiger partial charge on any atom is -0.323 e. The number of nitrogens with one attached hydrogen (secondary N) is 1. The van der Waals surface area contributed by atoms with Gasteiger partial charge in [-0.3, -0.25) is 4.79 Å². The lowest BCUT2D eigenvalue weighted by molar-refractivity contribution is -0.111. The molecule has 1 amide bonds. The number of piperazine rings is 1. The fourth-order valence-corrected chi connectivity index (χ4v) is 5.19. The predicted molar refractivity (Wildman–Crippen MR) is 102 cm³/mol. The Labute approximate surface area is 155 Å². The molecule has 1 heterocycles. The van der Waals surface area contributed by atoms with Crippen molar-refractivity contribution in [1.29, 1.82) is 0 Å². The molecule has 0 unspecified atom stereocenters. The molecule has 1 aliphatic heterocycles. The molecule has 0 spiro atoms. The zero-order valence-electron chi connectivity index (χ0n) is 15.1. The molecule has 2 fully saturated rings. The summed E-state index contributed by atoms with van der Waals surface area (Å²) in [5.41, 5.74) is 0.551. The third kappa shape index (κ3) is 4.52. The molecule has 0 aromatic heterocycles. The van der Waals surface area contributed by atoms with Gasteiger partial charge < -0.3 is 10.2 Å². The number of rotatable bonds is 6. The Morgan fingerprint density at radius 1 is 1.12 bits per heavy atom. The van der Waals surface area contributed by atoms with E-state index in [1.807, 2.05) is 0 Å². The highest BCUT2D eigenvalue weighted by Crippen LogP contribution is 2.26. The van der Waals surface area contributed by atoms with Crippen LogP contribution < -0.4 is 5.32 Å². The molecule has 142 valence electrons. The molecule has 2 aliphatic rings. The number of benzene rings is 1. The van der Waals surface area contributed by atoms with Crippen molar-refractivity contribution in [2.45, 2.75) is 30.6 Å². The summed E-state index contributed by atoms with van der Waals surface area (Å²) >= 11 is 0.